The van der Waals surface area contributed by atoms with Crippen LogP contribution in [0.15, 0.2) is 58.8 Å². The highest BCUT2D eigenvalue weighted by Crippen LogP contribution is 2.20. The Morgan fingerprint density at radius 1 is 1.15 bits per heavy atom. The summed E-state index contributed by atoms with van der Waals surface area (Å²) >= 11 is 0. The lowest BCUT2D eigenvalue weighted by molar-refractivity contribution is 0.531. The van der Waals surface area contributed by atoms with E-state index in [1.165, 1.54) is 5.57 Å². The SMILES string of the molecule is CC1=CC=c2c(ncn2C2(C)C=CC=c3oc4ccccc4c3=C2)=CC1. The minimum Gasteiger partial charge on any atom is -0.456 e. The molecule has 1 unspecified atom stereocenters. The van der Waals surface area contributed by atoms with Gasteiger partial charge in [-0.25, -0.2) is 4.98 Å². The Labute approximate surface area is 151 Å². The first-order valence-electron chi connectivity index (χ1n) is 8.96. The number of furan rings is 1. The van der Waals surface area contributed by atoms with Gasteiger partial charge in [0, 0.05) is 10.6 Å². The summed E-state index contributed by atoms with van der Waals surface area (Å²) in [7, 11) is 0. The van der Waals surface area contributed by atoms with Gasteiger partial charge in [0.05, 0.1) is 22.6 Å². The van der Waals surface area contributed by atoms with E-state index < -0.39 is 0 Å². The van der Waals surface area contributed by atoms with Crippen LogP contribution >= 0.6 is 0 Å². The van der Waals surface area contributed by atoms with Gasteiger partial charge in [0.1, 0.15) is 11.0 Å². The first kappa shape index (κ1) is 15.2. The van der Waals surface area contributed by atoms with Crippen LogP contribution in [0.4, 0.5) is 0 Å². The van der Waals surface area contributed by atoms with E-state index in [1.807, 2.05) is 24.5 Å². The zero-order valence-corrected chi connectivity index (χ0v) is 14.9. The Kier molecular flexibility index (Phi) is 3.20. The average molecular weight is 340 g/mol. The number of benzene rings is 1. The number of imidazole rings is 1. The van der Waals surface area contributed by atoms with Gasteiger partial charge >= 0.3 is 0 Å². The molecule has 0 radical (unpaired) electrons. The predicted molar refractivity (Wildman–Crippen MR) is 106 cm³/mol. The molecule has 5 rings (SSSR count). The van der Waals surface area contributed by atoms with Crippen LogP contribution in [-0.2, 0) is 5.54 Å². The maximum atomic E-state index is 6.04. The van der Waals surface area contributed by atoms with E-state index in [2.05, 4.69) is 72.0 Å². The number of para-hydroxylation sites is 1. The molecule has 3 aromatic rings. The largest absolute Gasteiger partial charge is 0.456 e. The molecule has 0 N–H and O–H groups in total. The van der Waals surface area contributed by atoms with Crippen molar-refractivity contribution in [3.8, 4) is 0 Å². The predicted octanol–water partition coefficient (Wildman–Crippen LogP) is 2.09. The molecule has 3 heteroatoms. The Morgan fingerprint density at radius 2 is 2.04 bits per heavy atom. The van der Waals surface area contributed by atoms with Crippen molar-refractivity contribution in [2.45, 2.75) is 25.8 Å². The van der Waals surface area contributed by atoms with Crippen LogP contribution in [0.2, 0.25) is 0 Å². The molecule has 2 aromatic heterocycles. The van der Waals surface area contributed by atoms with E-state index in [1.54, 1.807) is 0 Å². The second-order valence-corrected chi connectivity index (χ2v) is 7.25. The van der Waals surface area contributed by atoms with Gasteiger partial charge in [-0.15, -0.1) is 0 Å². The smallest absolute Gasteiger partial charge is 0.135 e. The van der Waals surface area contributed by atoms with Crippen molar-refractivity contribution in [3.05, 3.63) is 75.7 Å². The van der Waals surface area contributed by atoms with Crippen LogP contribution in [0.1, 0.15) is 20.3 Å². The van der Waals surface area contributed by atoms with Gasteiger partial charge in [0.25, 0.3) is 0 Å². The average Bonchev–Trinajstić information content (AvgIpc) is 3.09. The van der Waals surface area contributed by atoms with E-state index in [0.717, 1.165) is 38.7 Å². The van der Waals surface area contributed by atoms with Gasteiger partial charge < -0.3 is 8.98 Å². The number of aromatic nitrogens is 2. The van der Waals surface area contributed by atoms with Crippen molar-refractivity contribution < 1.29 is 4.42 Å². The third kappa shape index (κ3) is 2.24. The van der Waals surface area contributed by atoms with Gasteiger partial charge in [0.15, 0.2) is 0 Å². The highest BCUT2D eigenvalue weighted by Gasteiger charge is 2.23. The van der Waals surface area contributed by atoms with Crippen LogP contribution in [0, 0.1) is 0 Å². The third-order valence-electron chi connectivity index (χ3n) is 5.28. The lowest BCUT2D eigenvalue weighted by Crippen LogP contribution is -2.40. The molecule has 0 amide bonds. The summed E-state index contributed by atoms with van der Waals surface area (Å²) in [4.78, 5) is 4.66. The van der Waals surface area contributed by atoms with Crippen LogP contribution in [-0.4, -0.2) is 9.55 Å². The third-order valence-corrected chi connectivity index (χ3v) is 5.28. The monoisotopic (exact) mass is 340 g/mol. The number of rotatable bonds is 1. The minimum absolute atomic E-state index is 0.328. The quantitative estimate of drug-likeness (QED) is 0.679. The van der Waals surface area contributed by atoms with Gasteiger partial charge in [-0.2, -0.15) is 0 Å². The molecule has 3 nitrogen and oxygen atoms in total. The van der Waals surface area contributed by atoms with Gasteiger partial charge in [-0.3, -0.25) is 0 Å². The summed E-state index contributed by atoms with van der Waals surface area (Å²) in [5.41, 5.74) is 2.84. The number of hydrogen-bond donors (Lipinski definition) is 0. The fourth-order valence-electron chi connectivity index (χ4n) is 3.80. The van der Waals surface area contributed by atoms with Crippen LogP contribution in [0.5, 0.6) is 0 Å². The second-order valence-electron chi connectivity index (χ2n) is 7.25. The Balaban J connectivity index is 1.83. The molecule has 128 valence electrons. The van der Waals surface area contributed by atoms with Crippen molar-refractivity contribution in [2.75, 3.05) is 0 Å². The second kappa shape index (κ2) is 5.46. The molecule has 0 aliphatic heterocycles. The molecule has 0 spiro atoms. The number of hydrogen-bond acceptors (Lipinski definition) is 2. The summed E-state index contributed by atoms with van der Waals surface area (Å²) in [5.74, 6) is 0. The maximum Gasteiger partial charge on any atom is 0.135 e. The molecule has 2 aliphatic rings. The summed E-state index contributed by atoms with van der Waals surface area (Å²) < 4.78 is 8.29. The Bertz CT molecular complexity index is 1330. The molecular formula is C23H20N2O. The van der Waals surface area contributed by atoms with Crippen molar-refractivity contribution in [2.24, 2.45) is 0 Å². The first-order chi connectivity index (χ1) is 12.6. The summed E-state index contributed by atoms with van der Waals surface area (Å²) in [6.07, 6.45) is 18.1. The Morgan fingerprint density at radius 3 is 2.96 bits per heavy atom. The highest BCUT2D eigenvalue weighted by molar-refractivity contribution is 5.80. The van der Waals surface area contributed by atoms with E-state index in [0.29, 0.717) is 0 Å². The molecule has 0 saturated carbocycles. The summed E-state index contributed by atoms with van der Waals surface area (Å²) in [6.45, 7) is 4.37. The summed E-state index contributed by atoms with van der Waals surface area (Å²) in [6, 6.07) is 8.21. The fourth-order valence-corrected chi connectivity index (χ4v) is 3.80. The molecule has 2 heterocycles. The molecule has 26 heavy (non-hydrogen) atoms. The normalized spacial score (nSPS) is 21.2. The van der Waals surface area contributed by atoms with Crippen LogP contribution < -0.4 is 21.3 Å². The summed E-state index contributed by atoms with van der Waals surface area (Å²) in [5, 5.41) is 4.47. The van der Waals surface area contributed by atoms with Gasteiger partial charge in [-0.05, 0) is 44.6 Å². The van der Waals surface area contributed by atoms with E-state index in [-0.39, 0.29) is 5.54 Å². The molecule has 0 bridgehead atoms. The molecule has 2 aliphatic carbocycles. The Hall–Kier alpha value is -3.07. The van der Waals surface area contributed by atoms with E-state index >= 15 is 0 Å². The van der Waals surface area contributed by atoms with Crippen LogP contribution in [0.25, 0.3) is 35.3 Å². The molecular weight excluding hydrogens is 320 g/mol. The molecule has 1 aromatic carbocycles. The van der Waals surface area contributed by atoms with Crippen molar-refractivity contribution in [1.82, 2.24) is 9.55 Å². The molecule has 1 atom stereocenters. The standard InChI is InChI=1S/C23H20N2O/c1-16-9-11-19-20(12-10-16)25(15-24-19)23(2)13-5-8-22-18(14-23)17-6-3-4-7-21(17)26-22/h3-8,10-15H,9H2,1-2H3. The zero-order valence-electron chi connectivity index (χ0n) is 14.9. The molecule has 0 fully saturated rings. The van der Waals surface area contributed by atoms with Crippen LogP contribution in [0.3, 0.4) is 0 Å². The fraction of sp³-hybridized carbons (Fsp3) is 0.174. The number of allylic oxidation sites excluding steroid dienone is 4. The first-order valence-corrected chi connectivity index (χ1v) is 8.96. The van der Waals surface area contributed by atoms with Crippen molar-refractivity contribution >= 4 is 35.3 Å². The maximum absolute atomic E-state index is 6.04. The number of nitrogens with zero attached hydrogens (tertiary/aromatic N) is 2. The zero-order chi connectivity index (χ0) is 17.7. The lowest BCUT2D eigenvalue weighted by atomic mass is 9.99. The number of fused-ring (bicyclic) bond motifs is 4. The van der Waals surface area contributed by atoms with E-state index in [9.17, 15) is 0 Å². The van der Waals surface area contributed by atoms with E-state index in [4.69, 9.17) is 4.42 Å². The van der Waals surface area contributed by atoms with Gasteiger partial charge in [0.2, 0.25) is 0 Å². The topological polar surface area (TPSA) is 31.0 Å². The minimum atomic E-state index is -0.328. The lowest BCUT2D eigenvalue weighted by Gasteiger charge is -2.24. The van der Waals surface area contributed by atoms with Gasteiger partial charge in [-0.1, -0.05) is 48.1 Å². The molecule has 0 saturated heterocycles. The van der Waals surface area contributed by atoms with Crippen molar-refractivity contribution in [1.29, 1.82) is 0 Å². The van der Waals surface area contributed by atoms with Crippen molar-refractivity contribution in [3.63, 3.8) is 0 Å². The highest BCUT2D eigenvalue weighted by atomic mass is 16.3.